The van der Waals surface area contributed by atoms with Crippen molar-refractivity contribution < 1.29 is 33.5 Å². The normalized spacial score (nSPS) is 16.9. The smallest absolute Gasteiger partial charge is 0.358 e. The van der Waals surface area contributed by atoms with Crippen LogP contribution in [0.4, 0.5) is 5.13 Å². The molecule has 2 atom stereocenters. The molecule has 0 radical (unpaired) electrons. The maximum Gasteiger partial charge on any atom is 0.358 e. The molecule has 5 aromatic rings. The molecule has 15 heteroatoms. The van der Waals surface area contributed by atoms with Crippen LogP contribution >= 0.6 is 23.1 Å². The first-order chi connectivity index (χ1) is 28.5. The quantitative estimate of drug-likeness (QED) is 0.0341. The summed E-state index contributed by atoms with van der Waals surface area (Å²) in [6.45, 7) is 4.38. The number of amides is 2. The van der Waals surface area contributed by atoms with Gasteiger partial charge < -0.3 is 25.4 Å². The van der Waals surface area contributed by atoms with Gasteiger partial charge in [0.2, 0.25) is 12.4 Å². The van der Waals surface area contributed by atoms with Crippen molar-refractivity contribution >= 4 is 63.8 Å². The van der Waals surface area contributed by atoms with E-state index in [4.69, 9.17) is 20.0 Å². The molecule has 2 aliphatic rings. The number of esters is 2. The number of carbonyl (C=O) groups excluding carboxylic acids is 4. The van der Waals surface area contributed by atoms with Crippen molar-refractivity contribution in [1.82, 2.24) is 20.2 Å². The van der Waals surface area contributed by atoms with Crippen LogP contribution in [0.1, 0.15) is 48.7 Å². The molecule has 13 nitrogen and oxygen atoms in total. The van der Waals surface area contributed by atoms with Crippen molar-refractivity contribution in [2.75, 3.05) is 18.3 Å². The van der Waals surface area contributed by atoms with Crippen molar-refractivity contribution in [2.24, 2.45) is 10.6 Å². The van der Waals surface area contributed by atoms with Gasteiger partial charge in [0, 0.05) is 40.2 Å². The fourth-order valence-electron chi connectivity index (χ4n) is 6.45. The number of nitrogens with one attached hydrogen (secondary N) is 1. The average molecular weight is 829 g/mol. The van der Waals surface area contributed by atoms with Crippen LogP contribution in [-0.2, 0) is 39.1 Å². The summed E-state index contributed by atoms with van der Waals surface area (Å²) in [4.78, 5) is 70.9. The number of thioether (sulfide) groups is 1. The molecule has 7 rings (SSSR count). The number of nitrogen functional groups attached to an aromatic ring is 1. The Kier molecular flexibility index (Phi) is 12.0. The van der Waals surface area contributed by atoms with Gasteiger partial charge in [0.25, 0.3) is 11.8 Å². The number of nitrogens with zero attached hydrogens (tertiary/aromatic N) is 4. The van der Waals surface area contributed by atoms with Crippen LogP contribution in [0.3, 0.4) is 0 Å². The van der Waals surface area contributed by atoms with Crippen molar-refractivity contribution in [3.63, 3.8) is 0 Å². The van der Waals surface area contributed by atoms with Gasteiger partial charge in [-0.1, -0.05) is 114 Å². The zero-order valence-corrected chi connectivity index (χ0v) is 33.9. The molecule has 300 valence electrons. The van der Waals surface area contributed by atoms with Crippen LogP contribution in [0, 0.1) is 5.41 Å². The molecule has 3 aromatic carbocycles. The van der Waals surface area contributed by atoms with Crippen LogP contribution in [0.5, 0.6) is 0 Å². The number of rotatable bonds is 13. The fraction of sp³-hybridized carbons (Fsp3) is 0.205. The number of ether oxygens (including phenoxy) is 2. The lowest BCUT2D eigenvalue weighted by Crippen LogP contribution is -2.71. The number of hydrogen-bond donors (Lipinski definition) is 2. The van der Waals surface area contributed by atoms with Crippen molar-refractivity contribution in [3.05, 3.63) is 166 Å². The predicted octanol–water partition coefficient (Wildman–Crippen LogP) is 6.29. The van der Waals surface area contributed by atoms with E-state index in [-0.39, 0.29) is 28.0 Å². The second kappa shape index (κ2) is 17.5. The molecular formula is C44H40N6O7S2. The maximum absolute atomic E-state index is 14.4. The number of anilines is 1. The molecule has 0 bridgehead atoms. The number of carbonyl (C=O) groups is 4. The van der Waals surface area contributed by atoms with Crippen LogP contribution in [-0.4, -0.2) is 68.3 Å². The Hall–Kier alpha value is -6.58. The van der Waals surface area contributed by atoms with E-state index >= 15 is 0 Å². The summed E-state index contributed by atoms with van der Waals surface area (Å²) in [5, 5.41) is 8.46. The Morgan fingerprint density at radius 3 is 2.07 bits per heavy atom. The summed E-state index contributed by atoms with van der Waals surface area (Å²) in [6, 6.07) is 31.1. The van der Waals surface area contributed by atoms with E-state index in [2.05, 4.69) is 20.4 Å². The Bertz CT molecular complexity index is 2320. The van der Waals surface area contributed by atoms with Crippen LogP contribution in [0.25, 0.3) is 6.08 Å². The summed E-state index contributed by atoms with van der Waals surface area (Å²) in [6.07, 6.45) is 6.78. The molecule has 2 aliphatic heterocycles. The molecule has 3 N–H and O–H groups in total. The van der Waals surface area contributed by atoms with Crippen LogP contribution < -0.4 is 11.1 Å². The van der Waals surface area contributed by atoms with E-state index < -0.39 is 53.0 Å². The SMILES string of the molecule is CC(C)(C)C(=O)OCOC(=O)C1=C(/C=C/c2cccnc2)CS[C@@H]2[C@H](NC(=O)C(=NOC(c3ccccc3)(c3ccccc3)c3ccccc3)c3csc(N)n3)C(=O)N12. The van der Waals surface area contributed by atoms with Gasteiger partial charge in [-0.2, -0.15) is 0 Å². The van der Waals surface area contributed by atoms with Gasteiger partial charge >= 0.3 is 11.9 Å². The molecule has 1 saturated heterocycles. The van der Waals surface area contributed by atoms with Gasteiger partial charge in [0.15, 0.2) is 10.8 Å². The van der Waals surface area contributed by atoms with Crippen molar-refractivity contribution in [3.8, 4) is 0 Å². The minimum absolute atomic E-state index is 0.0286. The molecule has 2 amide bonds. The van der Waals surface area contributed by atoms with Crippen molar-refractivity contribution in [2.45, 2.75) is 37.8 Å². The first-order valence-electron chi connectivity index (χ1n) is 18.5. The Morgan fingerprint density at radius 2 is 1.53 bits per heavy atom. The number of nitrogens with two attached hydrogens (primary N) is 1. The number of pyridine rings is 1. The molecule has 0 unspecified atom stereocenters. The monoisotopic (exact) mass is 828 g/mol. The standard InChI is InChI=1S/C44H40N6O7S2/c1-43(2,3)41(54)56-27-55-40(53)36-29(22-21-28-14-13-23-46-24-28)25-58-39-35(38(52)50(36)39)48-37(51)34(33-26-59-42(45)47-33)49-57-44(30-15-7-4-8-16-30,31-17-9-5-10-18-31)32-19-11-6-12-20-32/h4-24,26,35,39H,25,27H2,1-3H3,(H2,45,47)(H,48,51)/b22-21+,49-34?/t35-,39-/m1/s1. The third-order valence-electron chi connectivity index (χ3n) is 9.43. The van der Waals surface area contributed by atoms with Crippen molar-refractivity contribution in [1.29, 1.82) is 0 Å². The van der Waals surface area contributed by atoms with Gasteiger partial charge in [0.1, 0.15) is 22.8 Å². The molecule has 0 aliphatic carbocycles. The second-order valence-electron chi connectivity index (χ2n) is 14.5. The molecule has 4 heterocycles. The molecule has 1 fully saturated rings. The third-order valence-corrected chi connectivity index (χ3v) is 11.4. The average Bonchev–Trinajstić information content (AvgIpc) is 3.69. The highest BCUT2D eigenvalue weighted by molar-refractivity contribution is 8.00. The highest BCUT2D eigenvalue weighted by atomic mass is 32.2. The maximum atomic E-state index is 14.4. The number of β-lactam (4-membered cyclic amide) rings is 1. The topological polar surface area (TPSA) is 175 Å². The zero-order valence-electron chi connectivity index (χ0n) is 32.3. The number of allylic oxidation sites excluding steroid dienone is 1. The summed E-state index contributed by atoms with van der Waals surface area (Å²) in [5.74, 6) is -2.46. The minimum Gasteiger partial charge on any atom is -0.427 e. The third kappa shape index (κ3) is 8.66. The number of benzene rings is 3. The van der Waals surface area contributed by atoms with E-state index in [0.717, 1.165) is 33.6 Å². The molecule has 0 saturated carbocycles. The van der Waals surface area contributed by atoms with Crippen LogP contribution in [0.2, 0.25) is 0 Å². The van der Waals surface area contributed by atoms with Gasteiger partial charge in [-0.3, -0.25) is 24.3 Å². The minimum atomic E-state index is -1.32. The molecular weight excluding hydrogens is 789 g/mol. The number of thiazole rings is 1. The summed E-state index contributed by atoms with van der Waals surface area (Å²) in [7, 11) is 0. The number of hydrogen-bond acceptors (Lipinski definition) is 13. The number of aromatic nitrogens is 2. The fourth-order valence-corrected chi connectivity index (χ4v) is 8.32. The largest absolute Gasteiger partial charge is 0.427 e. The van der Waals surface area contributed by atoms with Crippen LogP contribution in [0.15, 0.2) is 143 Å². The van der Waals surface area contributed by atoms with E-state index in [9.17, 15) is 19.2 Å². The first kappa shape index (κ1) is 40.6. The van der Waals surface area contributed by atoms with E-state index in [1.54, 1.807) is 56.8 Å². The highest BCUT2D eigenvalue weighted by Gasteiger charge is 2.54. The number of fused-ring (bicyclic) bond motifs is 1. The van der Waals surface area contributed by atoms with Gasteiger partial charge in [0.05, 0.1) is 5.41 Å². The van der Waals surface area contributed by atoms with E-state index in [0.29, 0.717) is 5.57 Å². The molecule has 2 aromatic heterocycles. The molecule has 0 spiro atoms. The Morgan fingerprint density at radius 1 is 0.898 bits per heavy atom. The highest BCUT2D eigenvalue weighted by Crippen LogP contribution is 2.43. The van der Waals surface area contributed by atoms with E-state index in [1.165, 1.54) is 16.7 Å². The van der Waals surface area contributed by atoms with E-state index in [1.807, 2.05) is 97.1 Å². The Balaban J connectivity index is 1.20. The zero-order chi connectivity index (χ0) is 41.6. The second-order valence-corrected chi connectivity index (χ2v) is 16.5. The lowest BCUT2D eigenvalue weighted by Gasteiger charge is -2.49. The lowest BCUT2D eigenvalue weighted by molar-refractivity contribution is -0.173. The number of oxime groups is 1. The Labute approximate surface area is 349 Å². The summed E-state index contributed by atoms with van der Waals surface area (Å²) < 4.78 is 10.6. The van der Waals surface area contributed by atoms with Gasteiger partial charge in [-0.05, 0) is 38.0 Å². The predicted molar refractivity (Wildman–Crippen MR) is 225 cm³/mol. The summed E-state index contributed by atoms with van der Waals surface area (Å²) >= 11 is 2.47. The van der Waals surface area contributed by atoms with Gasteiger partial charge in [-0.15, -0.1) is 23.1 Å². The van der Waals surface area contributed by atoms with Gasteiger partial charge in [-0.25, -0.2) is 9.78 Å². The molecule has 59 heavy (non-hydrogen) atoms. The first-order valence-corrected chi connectivity index (χ1v) is 20.5. The summed E-state index contributed by atoms with van der Waals surface area (Å²) in [5.41, 5.74) is 7.30. The lowest BCUT2D eigenvalue weighted by atomic mass is 9.80.